The van der Waals surface area contributed by atoms with Crippen LogP contribution in [0.25, 0.3) is 0 Å². The van der Waals surface area contributed by atoms with E-state index in [-0.39, 0.29) is 6.61 Å². The molecule has 0 spiro atoms. The summed E-state index contributed by atoms with van der Waals surface area (Å²) in [6, 6.07) is 10.2. The molecule has 0 aliphatic heterocycles. The van der Waals surface area contributed by atoms with Crippen LogP contribution in [0.5, 0.6) is 0 Å². The Morgan fingerprint density at radius 3 is 2.75 bits per heavy atom. The van der Waals surface area contributed by atoms with Crippen molar-refractivity contribution in [1.29, 1.82) is 2.67 Å². The van der Waals surface area contributed by atoms with Gasteiger partial charge in [0.05, 0.1) is 14.9 Å². The highest BCUT2D eigenvalue weighted by Gasteiger charge is 1.98. The van der Waals surface area contributed by atoms with Crippen molar-refractivity contribution in [2.75, 3.05) is 12.4 Å². The lowest BCUT2D eigenvalue weighted by molar-refractivity contribution is 0.323. The van der Waals surface area contributed by atoms with Crippen LogP contribution in [0, 0.1) is 0 Å². The van der Waals surface area contributed by atoms with Crippen molar-refractivity contribution in [2.45, 2.75) is 13.2 Å². The van der Waals surface area contributed by atoms with Gasteiger partial charge in [-0.3, -0.25) is 0 Å². The molecule has 0 fully saturated rings. The van der Waals surface area contributed by atoms with E-state index in [4.69, 9.17) is 21.4 Å². The van der Waals surface area contributed by atoms with Crippen molar-refractivity contribution in [2.24, 2.45) is 0 Å². The molecule has 0 bridgehead atoms. The Bertz CT molecular complexity index is 304. The quantitative estimate of drug-likeness (QED) is 0.674. The molecule has 0 aromatic heterocycles. The largest absolute Gasteiger partial charge is 0.396 e. The molecule has 0 aliphatic rings. The van der Waals surface area contributed by atoms with Gasteiger partial charge in [-0.1, -0.05) is 50.0 Å². The maximum Gasteiger partial charge on any atom is 0.104 e. The van der Waals surface area contributed by atoms with Gasteiger partial charge in [-0.05, 0) is 8.23 Å². The zero-order chi connectivity index (χ0) is 14.9. The van der Waals surface area contributed by atoms with E-state index >= 15 is 0 Å². The summed E-state index contributed by atoms with van der Waals surface area (Å²) in [7, 11) is 1.75. The van der Waals surface area contributed by atoms with Gasteiger partial charge in [-0.2, -0.15) is 0 Å². The summed E-state index contributed by atoms with van der Waals surface area (Å²) in [6.45, 7) is 0.191. The van der Waals surface area contributed by atoms with Crippen LogP contribution in [0.2, 0.25) is 0 Å². The van der Waals surface area contributed by atoms with Crippen molar-refractivity contribution in [3.05, 3.63) is 35.9 Å². The third kappa shape index (κ3) is 8.22. The zero-order valence-corrected chi connectivity index (χ0v) is 11.7. The van der Waals surface area contributed by atoms with Crippen LogP contribution in [-0.4, -0.2) is 32.0 Å². The highest BCUT2D eigenvalue weighted by molar-refractivity contribution is 8.46. The molecule has 1 aromatic rings. The number of thioether (sulfide) groups is 2. The Hall–Kier alpha value is 0.0349. The van der Waals surface area contributed by atoms with Gasteiger partial charge in [-0.15, -0.1) is 23.5 Å². The van der Waals surface area contributed by atoms with Crippen LogP contribution in [-0.2, 0) is 5.75 Å². The van der Waals surface area contributed by atoms with Gasteiger partial charge in [-0.25, -0.2) is 0 Å². The van der Waals surface area contributed by atoms with E-state index in [1.165, 1.54) is 13.0 Å². The Morgan fingerprint density at radius 1 is 1.56 bits per heavy atom. The van der Waals surface area contributed by atoms with E-state index in [9.17, 15) is 0 Å². The first-order valence-corrected chi connectivity index (χ1v) is 6.65. The van der Waals surface area contributed by atoms with Gasteiger partial charge in [0, 0.05) is 12.9 Å². The predicted octanol–water partition coefficient (Wildman–Crippen LogP) is 2.65. The average molecular weight is 278 g/mol. The van der Waals surface area contributed by atoms with Gasteiger partial charge >= 0.3 is 0 Å². The standard InChI is InChI=1S/C10H12OS3.CH4.BH2/c11-6-7-13-10(12)14-8-9-4-2-1-3-5-9;;/h1-5,11H,6-8H2;1H4;1H2/i;1T;1TD. The van der Waals surface area contributed by atoms with Gasteiger partial charge in [0.1, 0.15) is 3.53 Å². The van der Waals surface area contributed by atoms with Crippen molar-refractivity contribution >= 4 is 47.6 Å². The minimum absolute atomic E-state index is 0.191. The molecule has 1 aromatic carbocycles. The number of hydrogen-bond donors (Lipinski definition) is 1. The first-order valence-electron chi connectivity index (χ1n) is 6.42. The van der Waals surface area contributed by atoms with Crippen LogP contribution in [0.4, 0.5) is 0 Å². The smallest absolute Gasteiger partial charge is 0.104 e. The minimum atomic E-state index is 0.191. The first-order chi connectivity index (χ1) is 9.24. The van der Waals surface area contributed by atoms with Crippen molar-refractivity contribution in [1.82, 2.24) is 0 Å². The number of aliphatic hydroxyl groups excluding tert-OH is 1. The molecule has 16 heavy (non-hydrogen) atoms. The topological polar surface area (TPSA) is 20.2 Å². The van der Waals surface area contributed by atoms with Gasteiger partial charge in [0.2, 0.25) is 0 Å². The molecule has 1 radical (unpaired) electrons. The maximum absolute atomic E-state index is 8.61. The van der Waals surface area contributed by atoms with Crippen LogP contribution < -0.4 is 0 Å². The minimum Gasteiger partial charge on any atom is -0.396 e. The lowest BCUT2D eigenvalue weighted by atomic mass is 10.2. The molecular formula is C11H18BOS3. The number of thiocarbonyl (C=S) groups is 1. The van der Waals surface area contributed by atoms with E-state index in [1.54, 1.807) is 23.5 Å². The van der Waals surface area contributed by atoms with E-state index in [0.29, 0.717) is 14.1 Å². The Balaban J connectivity index is 0. The highest BCUT2D eigenvalue weighted by atomic mass is 32.2. The summed E-state index contributed by atoms with van der Waals surface area (Å²) in [5.74, 6) is 1.61. The average Bonchev–Trinajstić information content (AvgIpc) is 2.47. The molecule has 0 atom stereocenters. The fraction of sp³-hybridized carbons (Fsp3) is 0.364. The van der Waals surface area contributed by atoms with E-state index in [2.05, 4.69) is 12.1 Å². The lowest BCUT2D eigenvalue weighted by Gasteiger charge is -2.01. The maximum atomic E-state index is 8.61. The van der Waals surface area contributed by atoms with Gasteiger partial charge < -0.3 is 5.11 Å². The second-order valence-corrected chi connectivity index (χ2v) is 5.87. The van der Waals surface area contributed by atoms with Gasteiger partial charge in [0.15, 0.2) is 0 Å². The molecule has 1 rings (SSSR count). The third-order valence-corrected chi connectivity index (χ3v) is 4.26. The summed E-state index contributed by atoms with van der Waals surface area (Å²) in [5.41, 5.74) is 1.28. The molecule has 0 unspecified atom stereocenters. The molecule has 5 heteroatoms. The monoisotopic (exact) mass is 278 g/mol. The zero-order valence-electron chi connectivity index (χ0n) is 12.3. The fourth-order valence-corrected chi connectivity index (χ4v) is 2.81. The van der Waals surface area contributed by atoms with Crippen molar-refractivity contribution in [3.63, 3.8) is 0 Å². The first kappa shape index (κ1) is 12.5. The van der Waals surface area contributed by atoms with Crippen LogP contribution >= 0.6 is 35.7 Å². The van der Waals surface area contributed by atoms with Gasteiger partial charge in [0.25, 0.3) is 0 Å². The molecule has 0 aliphatic carbocycles. The molecule has 1 nitrogen and oxygen atoms in total. The Labute approximate surface area is 118 Å². The van der Waals surface area contributed by atoms with Crippen molar-refractivity contribution in [3.8, 4) is 0 Å². The third-order valence-electron chi connectivity index (χ3n) is 1.51. The number of benzene rings is 1. The normalized spacial score (nSPS) is 10.2. The van der Waals surface area contributed by atoms with Crippen molar-refractivity contribution < 1.29 is 6.48 Å². The fourth-order valence-electron chi connectivity index (χ4n) is 0.887. The van der Waals surface area contributed by atoms with E-state index in [1.807, 2.05) is 18.2 Å². The molecule has 0 saturated heterocycles. The van der Waals surface area contributed by atoms with E-state index < -0.39 is 0 Å². The second kappa shape index (κ2) is 11.5. The molecular weight excluding hydrogens is 255 g/mol. The summed E-state index contributed by atoms with van der Waals surface area (Å²) >= 11 is 8.33. The number of aliphatic hydroxyl groups is 1. The van der Waals surface area contributed by atoms with Crippen LogP contribution in [0.1, 0.15) is 14.3 Å². The SMILES string of the molecule is OCCSC(=S)SCc1ccccc1.[2H][B][3H].[3H]C. The highest BCUT2D eigenvalue weighted by Crippen LogP contribution is 2.21. The second-order valence-electron chi connectivity index (χ2n) is 2.60. The summed E-state index contributed by atoms with van der Waals surface area (Å²) < 4.78 is 18.2. The summed E-state index contributed by atoms with van der Waals surface area (Å²) in [6.07, 6.45) is 0. The lowest BCUT2D eigenvalue weighted by Crippen LogP contribution is -1.90. The summed E-state index contributed by atoms with van der Waals surface area (Å²) in [4.78, 5) is 0. The number of rotatable bonds is 4. The van der Waals surface area contributed by atoms with Crippen LogP contribution in [0.3, 0.4) is 0 Å². The van der Waals surface area contributed by atoms with E-state index in [0.717, 1.165) is 9.28 Å². The van der Waals surface area contributed by atoms with Crippen LogP contribution in [0.15, 0.2) is 30.3 Å². The Kier molecular flexibility index (Phi) is 8.99. The Morgan fingerprint density at radius 2 is 2.19 bits per heavy atom. The molecule has 0 saturated carbocycles. The molecule has 0 amide bonds. The molecule has 1 N–H and O–H groups in total. The molecule has 89 valence electrons. The molecule has 0 heterocycles. The predicted molar refractivity (Wildman–Crippen MR) is 85.2 cm³/mol. The summed E-state index contributed by atoms with van der Waals surface area (Å²) in [5, 5.41) is 8.61. The number of hydrogen-bond acceptors (Lipinski definition) is 4.